The summed E-state index contributed by atoms with van der Waals surface area (Å²) >= 11 is 0. The van der Waals surface area contributed by atoms with Gasteiger partial charge in [-0.1, -0.05) is 0 Å². The van der Waals surface area contributed by atoms with Crippen LogP contribution in [0.4, 0.5) is 0 Å². The minimum absolute atomic E-state index is 0.728. The summed E-state index contributed by atoms with van der Waals surface area (Å²) in [5.41, 5.74) is 5.51. The van der Waals surface area contributed by atoms with Gasteiger partial charge in [-0.2, -0.15) is 5.10 Å². The largest absolute Gasteiger partial charge is 0.330 e. The summed E-state index contributed by atoms with van der Waals surface area (Å²) in [4.78, 5) is 4.20. The summed E-state index contributed by atoms with van der Waals surface area (Å²) in [6.07, 6.45) is 5.01. The highest BCUT2D eigenvalue weighted by Gasteiger charge is 2.18. The van der Waals surface area contributed by atoms with Crippen LogP contribution in [0.3, 0.4) is 0 Å². The van der Waals surface area contributed by atoms with Crippen molar-refractivity contribution in [1.29, 1.82) is 0 Å². The van der Waals surface area contributed by atoms with Crippen molar-refractivity contribution >= 4 is 0 Å². The molecule has 4 heteroatoms. The Morgan fingerprint density at radius 3 is 3.42 bits per heavy atom. The van der Waals surface area contributed by atoms with Crippen molar-refractivity contribution in [2.75, 3.05) is 6.54 Å². The Balaban J connectivity index is 2.05. The maximum Gasteiger partial charge on any atom is 0.138 e. The van der Waals surface area contributed by atoms with Crippen molar-refractivity contribution in [3.05, 3.63) is 12.2 Å². The average molecular weight is 166 g/mol. The van der Waals surface area contributed by atoms with Crippen LogP contribution in [-0.2, 0) is 13.0 Å². The molecule has 2 rings (SSSR count). The lowest BCUT2D eigenvalue weighted by Gasteiger charge is -2.21. The number of fused-ring (bicyclic) bond motifs is 1. The van der Waals surface area contributed by atoms with Crippen LogP contribution in [-0.4, -0.2) is 21.3 Å². The van der Waals surface area contributed by atoms with E-state index in [1.165, 1.54) is 6.42 Å². The summed E-state index contributed by atoms with van der Waals surface area (Å²) in [7, 11) is 0. The molecule has 1 aromatic heterocycles. The maximum atomic E-state index is 5.51. The highest BCUT2D eigenvalue weighted by molar-refractivity contribution is 4.91. The summed E-state index contributed by atoms with van der Waals surface area (Å²) < 4.78 is 1.99. The lowest BCUT2D eigenvalue weighted by Crippen LogP contribution is -2.22. The molecule has 1 aliphatic heterocycles. The molecule has 0 saturated carbocycles. The van der Waals surface area contributed by atoms with E-state index < -0.39 is 0 Å². The van der Waals surface area contributed by atoms with Crippen LogP contribution in [0, 0.1) is 5.92 Å². The van der Waals surface area contributed by atoms with E-state index in [1.807, 2.05) is 4.68 Å². The second kappa shape index (κ2) is 3.23. The highest BCUT2D eigenvalue weighted by atomic mass is 15.3. The normalized spacial score (nSPS) is 22.2. The minimum Gasteiger partial charge on any atom is -0.330 e. The molecule has 0 radical (unpaired) electrons. The molecule has 0 bridgehead atoms. The maximum absolute atomic E-state index is 5.51. The SMILES string of the molecule is NCCC1CCn2ncnc2C1. The summed E-state index contributed by atoms with van der Waals surface area (Å²) in [6.45, 7) is 1.80. The van der Waals surface area contributed by atoms with E-state index in [0.717, 1.165) is 37.7 Å². The molecule has 2 N–H and O–H groups in total. The van der Waals surface area contributed by atoms with Gasteiger partial charge in [0.25, 0.3) is 0 Å². The molecule has 12 heavy (non-hydrogen) atoms. The van der Waals surface area contributed by atoms with E-state index in [-0.39, 0.29) is 0 Å². The van der Waals surface area contributed by atoms with Gasteiger partial charge < -0.3 is 5.73 Å². The van der Waals surface area contributed by atoms with Gasteiger partial charge in [0.15, 0.2) is 0 Å². The first kappa shape index (κ1) is 7.73. The van der Waals surface area contributed by atoms with E-state index in [4.69, 9.17) is 5.73 Å². The number of aryl methyl sites for hydroxylation is 1. The molecule has 1 unspecified atom stereocenters. The van der Waals surface area contributed by atoms with Gasteiger partial charge in [0.2, 0.25) is 0 Å². The Kier molecular flexibility index (Phi) is 2.08. The fourth-order valence-corrected chi connectivity index (χ4v) is 1.78. The minimum atomic E-state index is 0.728. The molecular weight excluding hydrogens is 152 g/mol. The van der Waals surface area contributed by atoms with Gasteiger partial charge in [-0.3, -0.25) is 4.68 Å². The van der Waals surface area contributed by atoms with Gasteiger partial charge >= 0.3 is 0 Å². The van der Waals surface area contributed by atoms with Gasteiger partial charge in [-0.15, -0.1) is 0 Å². The van der Waals surface area contributed by atoms with Gasteiger partial charge in [-0.25, -0.2) is 4.98 Å². The van der Waals surface area contributed by atoms with Crippen LogP contribution >= 0.6 is 0 Å². The highest BCUT2D eigenvalue weighted by Crippen LogP contribution is 2.19. The number of aromatic nitrogens is 3. The van der Waals surface area contributed by atoms with Gasteiger partial charge in [0.1, 0.15) is 12.2 Å². The summed E-state index contributed by atoms with van der Waals surface area (Å²) in [6, 6.07) is 0. The number of hydrogen-bond donors (Lipinski definition) is 1. The van der Waals surface area contributed by atoms with Crippen LogP contribution in [0.25, 0.3) is 0 Å². The molecule has 66 valence electrons. The number of rotatable bonds is 2. The zero-order valence-corrected chi connectivity index (χ0v) is 7.11. The van der Waals surface area contributed by atoms with Crippen molar-refractivity contribution in [3.8, 4) is 0 Å². The zero-order chi connectivity index (χ0) is 8.39. The Bertz CT molecular complexity index is 255. The van der Waals surface area contributed by atoms with Crippen LogP contribution in [0.15, 0.2) is 6.33 Å². The van der Waals surface area contributed by atoms with Gasteiger partial charge in [-0.05, 0) is 25.3 Å². The number of nitrogens with two attached hydrogens (primary N) is 1. The van der Waals surface area contributed by atoms with E-state index in [2.05, 4.69) is 10.1 Å². The summed E-state index contributed by atoms with van der Waals surface area (Å²) in [5, 5.41) is 4.13. The first-order valence-electron chi connectivity index (χ1n) is 4.47. The predicted molar refractivity (Wildman–Crippen MR) is 45.5 cm³/mol. The van der Waals surface area contributed by atoms with Gasteiger partial charge in [0.05, 0.1) is 0 Å². The van der Waals surface area contributed by atoms with Gasteiger partial charge in [0, 0.05) is 13.0 Å². The van der Waals surface area contributed by atoms with E-state index in [9.17, 15) is 0 Å². The first-order chi connectivity index (χ1) is 5.90. The lowest BCUT2D eigenvalue weighted by molar-refractivity contribution is 0.348. The molecule has 1 aromatic rings. The average Bonchev–Trinajstić information content (AvgIpc) is 2.51. The fourth-order valence-electron chi connectivity index (χ4n) is 1.78. The van der Waals surface area contributed by atoms with E-state index in [0.29, 0.717) is 0 Å². The molecule has 0 amide bonds. The molecule has 2 heterocycles. The van der Waals surface area contributed by atoms with Crippen LogP contribution in [0.2, 0.25) is 0 Å². The number of hydrogen-bond acceptors (Lipinski definition) is 3. The van der Waals surface area contributed by atoms with Crippen molar-refractivity contribution in [2.24, 2.45) is 11.7 Å². The lowest BCUT2D eigenvalue weighted by atomic mass is 9.95. The molecule has 1 atom stereocenters. The quantitative estimate of drug-likeness (QED) is 0.682. The molecule has 0 fully saturated rings. The van der Waals surface area contributed by atoms with Crippen molar-refractivity contribution < 1.29 is 0 Å². The third-order valence-electron chi connectivity index (χ3n) is 2.49. The van der Waals surface area contributed by atoms with Crippen molar-refractivity contribution in [1.82, 2.24) is 14.8 Å². The Morgan fingerprint density at radius 1 is 1.67 bits per heavy atom. The molecule has 0 saturated heterocycles. The molecular formula is C8H14N4. The zero-order valence-electron chi connectivity index (χ0n) is 7.11. The monoisotopic (exact) mass is 166 g/mol. The summed E-state index contributed by atoms with van der Waals surface area (Å²) in [5.74, 6) is 1.85. The number of nitrogens with zero attached hydrogens (tertiary/aromatic N) is 3. The Hall–Kier alpha value is -0.900. The molecule has 0 spiro atoms. The topological polar surface area (TPSA) is 56.7 Å². The second-order valence-electron chi connectivity index (χ2n) is 3.34. The van der Waals surface area contributed by atoms with E-state index >= 15 is 0 Å². The standard InChI is InChI=1S/C8H14N4/c9-3-1-7-2-4-12-8(5-7)10-6-11-12/h6-7H,1-5,9H2. The third-order valence-corrected chi connectivity index (χ3v) is 2.49. The Morgan fingerprint density at radius 2 is 2.58 bits per heavy atom. The van der Waals surface area contributed by atoms with Crippen molar-refractivity contribution in [3.63, 3.8) is 0 Å². The van der Waals surface area contributed by atoms with Crippen LogP contribution in [0.5, 0.6) is 0 Å². The molecule has 0 aromatic carbocycles. The molecule has 1 aliphatic rings. The first-order valence-corrected chi connectivity index (χ1v) is 4.47. The smallest absolute Gasteiger partial charge is 0.138 e. The molecule has 4 nitrogen and oxygen atoms in total. The predicted octanol–water partition coefficient (Wildman–Crippen LogP) is 0.189. The third kappa shape index (κ3) is 1.34. The molecule has 0 aliphatic carbocycles. The van der Waals surface area contributed by atoms with Crippen LogP contribution < -0.4 is 5.73 Å². The fraction of sp³-hybridized carbons (Fsp3) is 0.750. The van der Waals surface area contributed by atoms with Crippen LogP contribution in [0.1, 0.15) is 18.7 Å². The van der Waals surface area contributed by atoms with Crippen molar-refractivity contribution in [2.45, 2.75) is 25.8 Å². The van der Waals surface area contributed by atoms with E-state index in [1.54, 1.807) is 6.33 Å². The Labute approximate surface area is 71.8 Å². The second-order valence-corrected chi connectivity index (χ2v) is 3.34.